The largest absolute Gasteiger partial charge is 0.372 e. The molecular formula is C16H23NO. The Labute approximate surface area is 110 Å². The zero-order valence-electron chi connectivity index (χ0n) is 11.5. The molecule has 1 fully saturated rings. The average Bonchev–Trinajstić information content (AvgIpc) is 2.47. The van der Waals surface area contributed by atoms with Crippen molar-refractivity contribution in [3.63, 3.8) is 0 Å². The Kier molecular flexibility index (Phi) is 4.40. The number of hydrogen-bond acceptors (Lipinski definition) is 2. The van der Waals surface area contributed by atoms with Gasteiger partial charge in [0.1, 0.15) is 0 Å². The van der Waals surface area contributed by atoms with Crippen molar-refractivity contribution in [2.45, 2.75) is 39.5 Å². The first-order chi connectivity index (χ1) is 8.74. The highest BCUT2D eigenvalue weighted by Crippen LogP contribution is 2.25. The number of piperidine rings is 1. The number of carbonyl (C=O) groups excluding carboxylic acids is 1. The third-order valence-corrected chi connectivity index (χ3v) is 4.07. The number of carbonyl (C=O) groups is 1. The molecule has 1 heterocycles. The normalized spacial score (nSPS) is 16.9. The summed E-state index contributed by atoms with van der Waals surface area (Å²) < 4.78 is 0. The van der Waals surface area contributed by atoms with Crippen molar-refractivity contribution in [1.29, 1.82) is 0 Å². The molecule has 0 spiro atoms. The summed E-state index contributed by atoms with van der Waals surface area (Å²) in [6.45, 7) is 6.50. The SMILES string of the molecule is CCC(=O)c1ccc(N2CCC(CC)CC2)cc1. The fraction of sp³-hybridized carbons (Fsp3) is 0.562. The van der Waals surface area contributed by atoms with E-state index in [1.807, 2.05) is 19.1 Å². The summed E-state index contributed by atoms with van der Waals surface area (Å²) >= 11 is 0. The molecule has 1 aliphatic heterocycles. The average molecular weight is 245 g/mol. The lowest BCUT2D eigenvalue weighted by molar-refractivity contribution is 0.0988. The zero-order chi connectivity index (χ0) is 13.0. The fourth-order valence-corrected chi connectivity index (χ4v) is 2.66. The van der Waals surface area contributed by atoms with Crippen molar-refractivity contribution in [2.75, 3.05) is 18.0 Å². The lowest BCUT2D eigenvalue weighted by Gasteiger charge is -2.33. The third kappa shape index (κ3) is 2.92. The van der Waals surface area contributed by atoms with E-state index in [0.29, 0.717) is 6.42 Å². The van der Waals surface area contributed by atoms with Crippen LogP contribution in [-0.4, -0.2) is 18.9 Å². The van der Waals surface area contributed by atoms with Crippen LogP contribution in [0.25, 0.3) is 0 Å². The summed E-state index contributed by atoms with van der Waals surface area (Å²) in [5.41, 5.74) is 2.10. The van der Waals surface area contributed by atoms with Gasteiger partial charge in [-0.15, -0.1) is 0 Å². The first-order valence-corrected chi connectivity index (χ1v) is 7.12. The number of nitrogens with zero attached hydrogens (tertiary/aromatic N) is 1. The third-order valence-electron chi connectivity index (χ3n) is 4.07. The number of benzene rings is 1. The van der Waals surface area contributed by atoms with Crippen molar-refractivity contribution in [3.8, 4) is 0 Å². The van der Waals surface area contributed by atoms with Gasteiger partial charge in [0.15, 0.2) is 5.78 Å². The quantitative estimate of drug-likeness (QED) is 0.750. The molecule has 2 rings (SSSR count). The van der Waals surface area contributed by atoms with Gasteiger partial charge < -0.3 is 4.90 Å². The molecule has 0 radical (unpaired) electrons. The Morgan fingerprint density at radius 2 is 1.78 bits per heavy atom. The van der Waals surface area contributed by atoms with E-state index in [1.54, 1.807) is 0 Å². The van der Waals surface area contributed by atoms with E-state index in [2.05, 4.69) is 24.0 Å². The molecule has 1 saturated heterocycles. The first kappa shape index (κ1) is 13.1. The van der Waals surface area contributed by atoms with Crippen LogP contribution in [-0.2, 0) is 0 Å². The second-order valence-corrected chi connectivity index (χ2v) is 5.16. The van der Waals surface area contributed by atoms with E-state index in [9.17, 15) is 4.79 Å². The van der Waals surface area contributed by atoms with Gasteiger partial charge in [0, 0.05) is 30.8 Å². The summed E-state index contributed by atoms with van der Waals surface area (Å²) in [6.07, 6.45) is 4.48. The van der Waals surface area contributed by atoms with E-state index in [1.165, 1.54) is 24.9 Å². The van der Waals surface area contributed by atoms with Crippen LogP contribution in [0.5, 0.6) is 0 Å². The predicted octanol–water partition coefficient (Wildman–Crippen LogP) is 3.91. The van der Waals surface area contributed by atoms with E-state index < -0.39 is 0 Å². The molecule has 1 aliphatic rings. The molecule has 0 unspecified atom stereocenters. The molecule has 2 heteroatoms. The predicted molar refractivity (Wildman–Crippen MR) is 76.3 cm³/mol. The van der Waals surface area contributed by atoms with Crippen LogP contribution in [0.4, 0.5) is 5.69 Å². The van der Waals surface area contributed by atoms with Gasteiger partial charge in [-0.1, -0.05) is 20.3 Å². The van der Waals surface area contributed by atoms with Gasteiger partial charge in [-0.25, -0.2) is 0 Å². The molecular weight excluding hydrogens is 222 g/mol. The summed E-state index contributed by atoms with van der Waals surface area (Å²) in [5, 5.41) is 0. The Morgan fingerprint density at radius 1 is 1.17 bits per heavy atom. The van der Waals surface area contributed by atoms with Gasteiger partial charge in [0.25, 0.3) is 0 Å². The lowest BCUT2D eigenvalue weighted by atomic mass is 9.94. The molecule has 0 aromatic heterocycles. The van der Waals surface area contributed by atoms with Gasteiger partial charge in [0.05, 0.1) is 0 Å². The molecule has 0 bridgehead atoms. The zero-order valence-corrected chi connectivity index (χ0v) is 11.5. The van der Waals surface area contributed by atoms with Crippen molar-refractivity contribution in [3.05, 3.63) is 29.8 Å². The summed E-state index contributed by atoms with van der Waals surface area (Å²) in [7, 11) is 0. The fourth-order valence-electron chi connectivity index (χ4n) is 2.66. The molecule has 1 aromatic carbocycles. The van der Waals surface area contributed by atoms with Crippen molar-refractivity contribution in [2.24, 2.45) is 5.92 Å². The number of ketones is 1. The number of anilines is 1. The van der Waals surface area contributed by atoms with E-state index in [-0.39, 0.29) is 5.78 Å². The maximum absolute atomic E-state index is 11.6. The van der Waals surface area contributed by atoms with Gasteiger partial charge in [0.2, 0.25) is 0 Å². The Hall–Kier alpha value is -1.31. The van der Waals surface area contributed by atoms with Gasteiger partial charge in [-0.05, 0) is 43.0 Å². The van der Waals surface area contributed by atoms with Crippen LogP contribution in [0, 0.1) is 5.92 Å². The topological polar surface area (TPSA) is 20.3 Å². The number of Topliss-reactive ketones (excluding diaryl/α,β-unsaturated/α-hetero) is 1. The Balaban J connectivity index is 2.00. The maximum Gasteiger partial charge on any atom is 0.162 e. The van der Waals surface area contributed by atoms with Crippen LogP contribution >= 0.6 is 0 Å². The minimum atomic E-state index is 0.228. The van der Waals surface area contributed by atoms with Gasteiger partial charge in [-0.2, -0.15) is 0 Å². The summed E-state index contributed by atoms with van der Waals surface area (Å²) in [5.74, 6) is 1.13. The highest BCUT2D eigenvalue weighted by Gasteiger charge is 2.17. The first-order valence-electron chi connectivity index (χ1n) is 7.12. The summed E-state index contributed by atoms with van der Waals surface area (Å²) in [4.78, 5) is 14.0. The molecule has 2 nitrogen and oxygen atoms in total. The minimum absolute atomic E-state index is 0.228. The summed E-state index contributed by atoms with van der Waals surface area (Å²) in [6, 6.07) is 8.12. The van der Waals surface area contributed by atoms with Crippen molar-refractivity contribution >= 4 is 11.5 Å². The second kappa shape index (κ2) is 6.03. The smallest absolute Gasteiger partial charge is 0.162 e. The number of rotatable bonds is 4. The molecule has 0 N–H and O–H groups in total. The molecule has 0 amide bonds. The molecule has 0 aliphatic carbocycles. The molecule has 1 aromatic rings. The second-order valence-electron chi connectivity index (χ2n) is 5.16. The van der Waals surface area contributed by atoms with Gasteiger partial charge >= 0.3 is 0 Å². The van der Waals surface area contributed by atoms with Crippen molar-refractivity contribution < 1.29 is 4.79 Å². The monoisotopic (exact) mass is 245 g/mol. The van der Waals surface area contributed by atoms with Crippen LogP contribution in [0.2, 0.25) is 0 Å². The van der Waals surface area contributed by atoms with E-state index in [0.717, 1.165) is 24.6 Å². The van der Waals surface area contributed by atoms with Crippen molar-refractivity contribution in [1.82, 2.24) is 0 Å². The van der Waals surface area contributed by atoms with Crippen LogP contribution in [0.15, 0.2) is 24.3 Å². The molecule has 0 atom stereocenters. The number of hydrogen-bond donors (Lipinski definition) is 0. The maximum atomic E-state index is 11.6. The standard InChI is InChI=1S/C16H23NO/c1-3-13-9-11-17(12-10-13)15-7-5-14(6-8-15)16(18)4-2/h5-8,13H,3-4,9-12H2,1-2H3. The van der Waals surface area contributed by atoms with Gasteiger partial charge in [-0.3, -0.25) is 4.79 Å². The highest BCUT2D eigenvalue weighted by atomic mass is 16.1. The van der Waals surface area contributed by atoms with E-state index >= 15 is 0 Å². The van der Waals surface area contributed by atoms with Crippen LogP contribution in [0.1, 0.15) is 49.9 Å². The van der Waals surface area contributed by atoms with Crippen LogP contribution < -0.4 is 4.90 Å². The Bertz CT molecular complexity index is 388. The molecule has 0 saturated carbocycles. The van der Waals surface area contributed by atoms with Crippen LogP contribution in [0.3, 0.4) is 0 Å². The van der Waals surface area contributed by atoms with E-state index in [4.69, 9.17) is 0 Å². The Morgan fingerprint density at radius 3 is 2.28 bits per heavy atom. The highest BCUT2D eigenvalue weighted by molar-refractivity contribution is 5.96. The lowest BCUT2D eigenvalue weighted by Crippen LogP contribution is -2.33. The molecule has 18 heavy (non-hydrogen) atoms. The molecule has 98 valence electrons. The minimum Gasteiger partial charge on any atom is -0.372 e.